The van der Waals surface area contributed by atoms with E-state index >= 15 is 0 Å². The van der Waals surface area contributed by atoms with Crippen molar-refractivity contribution < 1.29 is 27.4 Å². The molecule has 7 heteroatoms. The topological polar surface area (TPSA) is 55.5 Å². The summed E-state index contributed by atoms with van der Waals surface area (Å²) in [7, 11) is 0. The number of benzene rings is 2. The van der Waals surface area contributed by atoms with Gasteiger partial charge in [-0.25, -0.2) is 4.39 Å². The van der Waals surface area contributed by atoms with Crippen molar-refractivity contribution in [3.05, 3.63) is 59.4 Å². The Morgan fingerprint density at radius 2 is 1.67 bits per heavy atom. The zero-order valence-electron chi connectivity index (χ0n) is 10.6. The highest BCUT2D eigenvalue weighted by atomic mass is 19.4. The van der Waals surface area contributed by atoms with E-state index in [0.29, 0.717) is 5.56 Å². The summed E-state index contributed by atoms with van der Waals surface area (Å²) in [4.78, 5) is 0. The van der Waals surface area contributed by atoms with E-state index in [1.807, 2.05) is 0 Å². The quantitative estimate of drug-likeness (QED) is 0.853. The number of hydrogen-bond acceptors (Lipinski definition) is 3. The molecule has 0 bridgehead atoms. The van der Waals surface area contributed by atoms with Gasteiger partial charge >= 0.3 is 6.36 Å². The molecule has 0 spiro atoms. The summed E-state index contributed by atoms with van der Waals surface area (Å²) >= 11 is 0. The average molecular weight is 301 g/mol. The SMILES string of the molecule is N[C@@H](c1ccc(OC(F)(F)F)cc1)c1cc(F)ccc1O. The highest BCUT2D eigenvalue weighted by Crippen LogP contribution is 2.30. The first-order valence-corrected chi connectivity index (χ1v) is 5.86. The van der Waals surface area contributed by atoms with Crippen LogP contribution in [0, 0.1) is 5.82 Å². The largest absolute Gasteiger partial charge is 0.573 e. The van der Waals surface area contributed by atoms with Crippen LogP contribution in [0.2, 0.25) is 0 Å². The monoisotopic (exact) mass is 301 g/mol. The maximum atomic E-state index is 13.2. The molecule has 0 radical (unpaired) electrons. The van der Waals surface area contributed by atoms with Gasteiger partial charge in [0.2, 0.25) is 0 Å². The maximum absolute atomic E-state index is 13.2. The highest BCUT2D eigenvalue weighted by Gasteiger charge is 2.31. The van der Waals surface area contributed by atoms with Crippen molar-refractivity contribution in [1.29, 1.82) is 0 Å². The van der Waals surface area contributed by atoms with Crippen molar-refractivity contribution in [2.45, 2.75) is 12.4 Å². The lowest BCUT2D eigenvalue weighted by Gasteiger charge is -2.15. The minimum Gasteiger partial charge on any atom is -0.508 e. The van der Waals surface area contributed by atoms with Gasteiger partial charge in [-0.2, -0.15) is 0 Å². The lowest BCUT2D eigenvalue weighted by atomic mass is 9.98. The van der Waals surface area contributed by atoms with Crippen LogP contribution in [0.1, 0.15) is 17.2 Å². The number of alkyl halides is 3. The van der Waals surface area contributed by atoms with Crippen LogP contribution in [-0.4, -0.2) is 11.5 Å². The first-order chi connectivity index (χ1) is 9.76. The van der Waals surface area contributed by atoms with Gasteiger partial charge in [0, 0.05) is 5.56 Å². The minimum atomic E-state index is -4.77. The summed E-state index contributed by atoms with van der Waals surface area (Å²) in [6.07, 6.45) is -4.77. The predicted octanol–water partition coefficient (Wildman–Crippen LogP) is 3.48. The van der Waals surface area contributed by atoms with Crippen LogP contribution in [0.15, 0.2) is 42.5 Å². The Morgan fingerprint density at radius 1 is 1.05 bits per heavy atom. The molecule has 0 aliphatic rings. The van der Waals surface area contributed by atoms with Crippen LogP contribution in [0.5, 0.6) is 11.5 Å². The van der Waals surface area contributed by atoms with Crippen LogP contribution < -0.4 is 10.5 Å². The Kier molecular flexibility index (Phi) is 4.04. The van der Waals surface area contributed by atoms with Crippen molar-refractivity contribution in [1.82, 2.24) is 0 Å². The van der Waals surface area contributed by atoms with Crippen molar-refractivity contribution >= 4 is 0 Å². The summed E-state index contributed by atoms with van der Waals surface area (Å²) < 4.78 is 53.0. The summed E-state index contributed by atoms with van der Waals surface area (Å²) in [6.45, 7) is 0. The molecule has 2 aromatic rings. The van der Waals surface area contributed by atoms with Gasteiger partial charge in [-0.1, -0.05) is 12.1 Å². The van der Waals surface area contributed by atoms with Gasteiger partial charge in [-0.05, 0) is 35.9 Å². The van der Waals surface area contributed by atoms with E-state index in [0.717, 1.165) is 30.3 Å². The fourth-order valence-electron chi connectivity index (χ4n) is 1.83. The summed E-state index contributed by atoms with van der Waals surface area (Å²) in [5, 5.41) is 9.65. The third-order valence-corrected chi connectivity index (χ3v) is 2.80. The van der Waals surface area contributed by atoms with Gasteiger partial charge in [0.25, 0.3) is 0 Å². The van der Waals surface area contributed by atoms with Crippen molar-refractivity contribution in [3.8, 4) is 11.5 Å². The molecule has 0 fully saturated rings. The fourth-order valence-corrected chi connectivity index (χ4v) is 1.83. The molecule has 0 aliphatic heterocycles. The van der Waals surface area contributed by atoms with Gasteiger partial charge in [0.15, 0.2) is 0 Å². The molecule has 0 aliphatic carbocycles. The molecule has 112 valence electrons. The summed E-state index contributed by atoms with van der Waals surface area (Å²) in [5.74, 6) is -1.16. The molecule has 21 heavy (non-hydrogen) atoms. The lowest BCUT2D eigenvalue weighted by molar-refractivity contribution is -0.274. The predicted molar refractivity (Wildman–Crippen MR) is 67.2 cm³/mol. The molecular formula is C14H11F4NO2. The number of hydrogen-bond donors (Lipinski definition) is 2. The zero-order chi connectivity index (χ0) is 15.6. The molecule has 0 heterocycles. The van der Waals surface area contributed by atoms with Crippen molar-refractivity contribution in [2.75, 3.05) is 0 Å². The molecule has 0 amide bonds. The second-order valence-corrected chi connectivity index (χ2v) is 4.30. The molecular weight excluding hydrogens is 290 g/mol. The van der Waals surface area contributed by atoms with E-state index < -0.39 is 18.2 Å². The van der Waals surface area contributed by atoms with Gasteiger partial charge in [-0.15, -0.1) is 13.2 Å². The normalized spacial score (nSPS) is 13.0. The first kappa shape index (κ1) is 15.1. The number of aromatic hydroxyl groups is 1. The van der Waals surface area contributed by atoms with E-state index in [2.05, 4.69) is 4.74 Å². The zero-order valence-corrected chi connectivity index (χ0v) is 10.6. The van der Waals surface area contributed by atoms with Crippen LogP contribution in [0.4, 0.5) is 17.6 Å². The Labute approximate surface area is 117 Å². The lowest BCUT2D eigenvalue weighted by Crippen LogP contribution is -2.17. The first-order valence-electron chi connectivity index (χ1n) is 5.86. The second kappa shape index (κ2) is 5.61. The summed E-state index contributed by atoms with van der Waals surface area (Å²) in [6, 6.07) is 7.25. The molecule has 0 saturated carbocycles. The van der Waals surface area contributed by atoms with Crippen LogP contribution in [0.25, 0.3) is 0 Å². The van der Waals surface area contributed by atoms with E-state index in [1.54, 1.807) is 0 Å². The van der Waals surface area contributed by atoms with Gasteiger partial charge in [0.05, 0.1) is 6.04 Å². The van der Waals surface area contributed by atoms with Crippen LogP contribution >= 0.6 is 0 Å². The van der Waals surface area contributed by atoms with E-state index in [4.69, 9.17) is 5.73 Å². The van der Waals surface area contributed by atoms with Crippen LogP contribution in [-0.2, 0) is 0 Å². The van der Waals surface area contributed by atoms with Gasteiger partial charge < -0.3 is 15.6 Å². The van der Waals surface area contributed by atoms with Crippen molar-refractivity contribution in [3.63, 3.8) is 0 Å². The number of phenolic OH excluding ortho intramolecular Hbond substituents is 1. The number of ether oxygens (including phenoxy) is 1. The van der Waals surface area contributed by atoms with E-state index in [9.17, 15) is 22.7 Å². The number of halogens is 4. The Morgan fingerprint density at radius 3 is 2.24 bits per heavy atom. The van der Waals surface area contributed by atoms with Gasteiger partial charge in [0.1, 0.15) is 17.3 Å². The Hall–Kier alpha value is -2.28. The van der Waals surface area contributed by atoms with Gasteiger partial charge in [-0.3, -0.25) is 0 Å². The Balaban J connectivity index is 2.24. The molecule has 2 aromatic carbocycles. The summed E-state index contributed by atoms with van der Waals surface area (Å²) in [5.41, 5.74) is 6.42. The maximum Gasteiger partial charge on any atom is 0.573 e. The number of phenols is 1. The third kappa shape index (κ3) is 3.85. The third-order valence-electron chi connectivity index (χ3n) is 2.80. The van der Waals surface area contributed by atoms with E-state index in [-0.39, 0.29) is 17.1 Å². The highest BCUT2D eigenvalue weighted by molar-refractivity contribution is 5.42. The molecule has 0 aromatic heterocycles. The molecule has 0 unspecified atom stereocenters. The van der Waals surface area contributed by atoms with Crippen molar-refractivity contribution in [2.24, 2.45) is 5.73 Å². The average Bonchev–Trinajstić information content (AvgIpc) is 2.40. The molecule has 0 saturated heterocycles. The number of nitrogens with two attached hydrogens (primary N) is 1. The molecule has 1 atom stereocenters. The van der Waals surface area contributed by atoms with Crippen LogP contribution in [0.3, 0.4) is 0 Å². The molecule has 3 nitrogen and oxygen atoms in total. The smallest absolute Gasteiger partial charge is 0.508 e. The molecule has 3 N–H and O–H groups in total. The Bertz CT molecular complexity index is 626. The molecule has 2 rings (SSSR count). The fraction of sp³-hybridized carbons (Fsp3) is 0.143. The minimum absolute atomic E-state index is 0.138. The standard InChI is InChI=1S/C14H11F4NO2/c15-9-3-6-12(20)11(7-9)13(19)8-1-4-10(5-2-8)21-14(16,17)18/h1-7,13,20H,19H2/t13-/m0/s1. The second-order valence-electron chi connectivity index (χ2n) is 4.30. The van der Waals surface area contributed by atoms with E-state index in [1.165, 1.54) is 12.1 Å². The number of rotatable bonds is 3.